The Balaban J connectivity index is 1.36. The van der Waals surface area contributed by atoms with Crippen LogP contribution in [0.3, 0.4) is 0 Å². The SMILES string of the molecule is CS(=O)(=O)Nc1ccc(-c2nnc(SCC(=O)Nc3cccc4ccccc34)n2Cc2ccco2)cc1. The molecule has 0 atom stereocenters. The van der Waals surface area contributed by atoms with Crippen molar-refractivity contribution < 1.29 is 17.6 Å². The zero-order valence-electron chi connectivity index (χ0n) is 19.8. The Hall–Kier alpha value is -4.09. The van der Waals surface area contributed by atoms with Crippen LogP contribution in [0.25, 0.3) is 22.2 Å². The van der Waals surface area contributed by atoms with Gasteiger partial charge in [-0.05, 0) is 47.9 Å². The minimum absolute atomic E-state index is 0.136. The average Bonchev–Trinajstić information content (AvgIpc) is 3.53. The molecule has 0 aliphatic rings. The molecule has 2 heterocycles. The molecular weight excluding hydrogens is 510 g/mol. The first kappa shape index (κ1) is 24.6. The molecule has 0 saturated heterocycles. The zero-order valence-corrected chi connectivity index (χ0v) is 21.4. The normalized spacial score (nSPS) is 11.5. The lowest BCUT2D eigenvalue weighted by Gasteiger charge is -2.11. The van der Waals surface area contributed by atoms with Gasteiger partial charge in [-0.15, -0.1) is 10.2 Å². The number of nitrogens with one attached hydrogen (secondary N) is 2. The first-order chi connectivity index (χ1) is 17.9. The predicted octanol–water partition coefficient (Wildman–Crippen LogP) is 4.84. The Morgan fingerprint density at radius 2 is 1.76 bits per heavy atom. The fraction of sp³-hybridized carbons (Fsp3) is 0.115. The molecular formula is C26H23N5O4S2. The summed E-state index contributed by atoms with van der Waals surface area (Å²) in [6.45, 7) is 0.367. The lowest BCUT2D eigenvalue weighted by molar-refractivity contribution is -0.113. The number of carbonyl (C=O) groups is 1. The highest BCUT2D eigenvalue weighted by atomic mass is 32.2. The van der Waals surface area contributed by atoms with E-state index in [9.17, 15) is 13.2 Å². The van der Waals surface area contributed by atoms with E-state index in [1.165, 1.54) is 11.8 Å². The topological polar surface area (TPSA) is 119 Å². The molecule has 37 heavy (non-hydrogen) atoms. The Kier molecular flexibility index (Phi) is 6.97. The van der Waals surface area contributed by atoms with Gasteiger partial charge >= 0.3 is 0 Å². The number of thioether (sulfide) groups is 1. The van der Waals surface area contributed by atoms with Gasteiger partial charge in [0.25, 0.3) is 0 Å². The van der Waals surface area contributed by atoms with E-state index < -0.39 is 10.0 Å². The number of sulfonamides is 1. The summed E-state index contributed by atoms with van der Waals surface area (Å²) in [4.78, 5) is 12.8. The molecule has 11 heteroatoms. The number of aromatic nitrogens is 3. The summed E-state index contributed by atoms with van der Waals surface area (Å²) in [5.41, 5.74) is 1.94. The van der Waals surface area contributed by atoms with Crippen LogP contribution in [0.15, 0.2) is 94.7 Å². The molecule has 0 unspecified atom stereocenters. The third kappa shape index (κ3) is 6.01. The molecule has 188 valence electrons. The maximum absolute atomic E-state index is 12.8. The van der Waals surface area contributed by atoms with Crippen LogP contribution in [-0.2, 0) is 21.4 Å². The van der Waals surface area contributed by atoms with Crippen LogP contribution in [0.2, 0.25) is 0 Å². The first-order valence-electron chi connectivity index (χ1n) is 11.3. The second-order valence-electron chi connectivity index (χ2n) is 8.29. The molecule has 0 aliphatic carbocycles. The maximum atomic E-state index is 12.8. The number of carbonyl (C=O) groups excluding carboxylic acids is 1. The number of anilines is 2. The molecule has 0 radical (unpaired) electrons. The lowest BCUT2D eigenvalue weighted by atomic mass is 10.1. The average molecular weight is 534 g/mol. The molecule has 0 saturated carbocycles. The fourth-order valence-corrected chi connectivity index (χ4v) is 5.16. The zero-order chi connectivity index (χ0) is 25.8. The standard InChI is InChI=1S/C26H23N5O4S2/c1-37(33,34)30-20-13-11-19(12-14-20)25-28-29-26(31(25)16-21-8-5-15-35-21)36-17-24(32)27-23-10-4-7-18-6-2-3-9-22(18)23/h2-15,30H,16-17H2,1H3,(H,27,32). The summed E-state index contributed by atoms with van der Waals surface area (Å²) in [6.07, 6.45) is 2.69. The van der Waals surface area contributed by atoms with Gasteiger partial charge in [-0.3, -0.25) is 14.1 Å². The highest BCUT2D eigenvalue weighted by molar-refractivity contribution is 7.99. The Labute approximate surface area is 218 Å². The van der Waals surface area contributed by atoms with Crippen molar-refractivity contribution in [2.45, 2.75) is 11.7 Å². The van der Waals surface area contributed by atoms with Gasteiger partial charge in [0.15, 0.2) is 11.0 Å². The van der Waals surface area contributed by atoms with Crippen LogP contribution in [0, 0.1) is 0 Å². The number of nitrogens with zero attached hydrogens (tertiary/aromatic N) is 3. The second-order valence-corrected chi connectivity index (χ2v) is 11.0. The second kappa shape index (κ2) is 10.5. The number of hydrogen-bond acceptors (Lipinski definition) is 7. The largest absolute Gasteiger partial charge is 0.467 e. The van der Waals surface area contributed by atoms with Gasteiger partial charge in [-0.2, -0.15) is 0 Å². The van der Waals surface area contributed by atoms with Gasteiger partial charge in [-0.25, -0.2) is 8.42 Å². The molecule has 0 spiro atoms. The van der Waals surface area contributed by atoms with Gasteiger partial charge in [0.05, 0.1) is 24.8 Å². The Morgan fingerprint density at radius 3 is 2.51 bits per heavy atom. The van der Waals surface area contributed by atoms with Crippen molar-refractivity contribution in [1.82, 2.24) is 14.8 Å². The Morgan fingerprint density at radius 1 is 0.973 bits per heavy atom. The molecule has 0 fully saturated rings. The Bertz CT molecular complexity index is 1640. The fourth-order valence-electron chi connectivity index (χ4n) is 3.86. The van der Waals surface area contributed by atoms with E-state index in [1.54, 1.807) is 36.6 Å². The van der Waals surface area contributed by atoms with E-state index in [-0.39, 0.29) is 11.7 Å². The molecule has 2 aromatic heterocycles. The predicted molar refractivity (Wildman–Crippen MR) is 145 cm³/mol. The first-order valence-corrected chi connectivity index (χ1v) is 14.2. The quantitative estimate of drug-likeness (QED) is 0.260. The lowest BCUT2D eigenvalue weighted by Crippen LogP contribution is -2.15. The number of hydrogen-bond donors (Lipinski definition) is 2. The van der Waals surface area contributed by atoms with Crippen LogP contribution in [0.4, 0.5) is 11.4 Å². The van der Waals surface area contributed by atoms with E-state index in [1.807, 2.05) is 53.1 Å². The van der Waals surface area contributed by atoms with E-state index >= 15 is 0 Å². The van der Waals surface area contributed by atoms with E-state index in [4.69, 9.17) is 4.42 Å². The van der Waals surface area contributed by atoms with Crippen molar-refractivity contribution in [1.29, 1.82) is 0 Å². The monoisotopic (exact) mass is 533 g/mol. The van der Waals surface area contributed by atoms with Crippen LogP contribution < -0.4 is 10.0 Å². The highest BCUT2D eigenvalue weighted by Gasteiger charge is 2.18. The van der Waals surface area contributed by atoms with Gasteiger partial charge in [-0.1, -0.05) is 48.2 Å². The number of rotatable bonds is 9. The number of furan rings is 1. The van der Waals surface area contributed by atoms with Gasteiger partial charge in [0.1, 0.15) is 5.76 Å². The molecule has 0 aliphatic heterocycles. The van der Waals surface area contributed by atoms with Crippen LogP contribution in [0.1, 0.15) is 5.76 Å². The summed E-state index contributed by atoms with van der Waals surface area (Å²) in [5.74, 6) is 1.25. The van der Waals surface area contributed by atoms with Crippen molar-refractivity contribution in [2.24, 2.45) is 0 Å². The molecule has 0 bridgehead atoms. The summed E-state index contributed by atoms with van der Waals surface area (Å²) in [6, 6.07) is 24.2. The number of benzene rings is 3. The molecule has 1 amide bonds. The summed E-state index contributed by atoms with van der Waals surface area (Å²) in [5, 5.41) is 14.2. The minimum Gasteiger partial charge on any atom is -0.467 e. The third-order valence-electron chi connectivity index (χ3n) is 5.45. The number of amides is 1. The van der Waals surface area contributed by atoms with E-state index in [0.29, 0.717) is 29.0 Å². The third-order valence-corrected chi connectivity index (χ3v) is 7.03. The molecule has 5 aromatic rings. The number of fused-ring (bicyclic) bond motifs is 1. The van der Waals surface area contributed by atoms with Gasteiger partial charge in [0, 0.05) is 22.3 Å². The van der Waals surface area contributed by atoms with Gasteiger partial charge in [0.2, 0.25) is 15.9 Å². The molecule has 2 N–H and O–H groups in total. The van der Waals surface area contributed by atoms with E-state index in [2.05, 4.69) is 20.2 Å². The van der Waals surface area contributed by atoms with Crippen LogP contribution in [0.5, 0.6) is 0 Å². The van der Waals surface area contributed by atoms with Crippen LogP contribution in [-0.4, -0.2) is 41.1 Å². The van der Waals surface area contributed by atoms with Crippen molar-refractivity contribution in [3.8, 4) is 11.4 Å². The maximum Gasteiger partial charge on any atom is 0.234 e. The van der Waals surface area contributed by atoms with Crippen molar-refractivity contribution >= 4 is 49.8 Å². The van der Waals surface area contributed by atoms with Crippen molar-refractivity contribution in [3.05, 3.63) is 90.9 Å². The molecule has 9 nitrogen and oxygen atoms in total. The van der Waals surface area contributed by atoms with Crippen molar-refractivity contribution in [3.63, 3.8) is 0 Å². The smallest absolute Gasteiger partial charge is 0.234 e. The molecule has 3 aromatic carbocycles. The highest BCUT2D eigenvalue weighted by Crippen LogP contribution is 2.28. The summed E-state index contributed by atoms with van der Waals surface area (Å²) in [7, 11) is -3.38. The minimum atomic E-state index is -3.38. The molecule has 5 rings (SSSR count). The van der Waals surface area contributed by atoms with Gasteiger partial charge < -0.3 is 9.73 Å². The van der Waals surface area contributed by atoms with E-state index in [0.717, 1.165) is 28.3 Å². The summed E-state index contributed by atoms with van der Waals surface area (Å²) < 4.78 is 32.9. The summed E-state index contributed by atoms with van der Waals surface area (Å²) >= 11 is 1.27. The van der Waals surface area contributed by atoms with Crippen LogP contribution >= 0.6 is 11.8 Å². The van der Waals surface area contributed by atoms with Crippen molar-refractivity contribution in [2.75, 3.05) is 22.0 Å².